The Morgan fingerprint density at radius 3 is 2.27 bits per heavy atom. The molecule has 0 fully saturated rings. The van der Waals surface area contributed by atoms with Crippen molar-refractivity contribution in [2.75, 3.05) is 13.6 Å². The first kappa shape index (κ1) is 18.6. The number of sulfonamides is 1. The van der Waals surface area contributed by atoms with Gasteiger partial charge in [-0.05, 0) is 51.8 Å². The van der Waals surface area contributed by atoms with E-state index in [-0.39, 0.29) is 11.3 Å². The predicted octanol–water partition coefficient (Wildman–Crippen LogP) is 1.59. The third-order valence-corrected chi connectivity index (χ3v) is 5.94. The number of carboxylic acid groups (broad SMARTS) is 1. The zero-order valence-electron chi connectivity index (χ0n) is 13.2. The molecule has 1 aromatic carbocycles. The van der Waals surface area contributed by atoms with E-state index >= 15 is 0 Å². The molecule has 0 aliphatic carbocycles. The Bertz CT molecular complexity index is 613. The SMILES string of the molecule is Cc1ccc(S(=O)(=O)N(C)[C@@](C)(CCCCN)C(=O)O)cc1. The lowest BCUT2D eigenvalue weighted by molar-refractivity contribution is -0.147. The van der Waals surface area contributed by atoms with Crippen LogP contribution >= 0.6 is 0 Å². The van der Waals surface area contributed by atoms with Crippen molar-refractivity contribution in [3.8, 4) is 0 Å². The van der Waals surface area contributed by atoms with Crippen LogP contribution in [0.2, 0.25) is 0 Å². The number of rotatable bonds is 8. The van der Waals surface area contributed by atoms with Gasteiger partial charge in [0.15, 0.2) is 0 Å². The van der Waals surface area contributed by atoms with Crippen LogP contribution in [0.25, 0.3) is 0 Å². The van der Waals surface area contributed by atoms with Crippen LogP contribution in [0.15, 0.2) is 29.2 Å². The summed E-state index contributed by atoms with van der Waals surface area (Å²) in [6, 6.07) is 6.35. The molecule has 7 heteroatoms. The highest BCUT2D eigenvalue weighted by atomic mass is 32.2. The van der Waals surface area contributed by atoms with Crippen molar-refractivity contribution < 1.29 is 18.3 Å². The molecule has 0 radical (unpaired) electrons. The molecule has 0 amide bonds. The van der Waals surface area contributed by atoms with Gasteiger partial charge in [0.2, 0.25) is 10.0 Å². The van der Waals surface area contributed by atoms with Gasteiger partial charge in [0.1, 0.15) is 5.54 Å². The summed E-state index contributed by atoms with van der Waals surface area (Å²) in [6.45, 7) is 3.73. The summed E-state index contributed by atoms with van der Waals surface area (Å²) >= 11 is 0. The van der Waals surface area contributed by atoms with Gasteiger partial charge >= 0.3 is 5.97 Å². The van der Waals surface area contributed by atoms with Crippen molar-refractivity contribution >= 4 is 16.0 Å². The van der Waals surface area contributed by atoms with Crippen LogP contribution in [0, 0.1) is 6.92 Å². The van der Waals surface area contributed by atoms with Crippen LogP contribution < -0.4 is 5.73 Å². The lowest BCUT2D eigenvalue weighted by atomic mass is 9.95. The molecule has 0 spiro atoms. The van der Waals surface area contributed by atoms with Gasteiger partial charge in [0.25, 0.3) is 0 Å². The highest BCUT2D eigenvalue weighted by Gasteiger charge is 2.43. The van der Waals surface area contributed by atoms with Gasteiger partial charge in [-0.15, -0.1) is 0 Å². The van der Waals surface area contributed by atoms with Crippen molar-refractivity contribution in [2.24, 2.45) is 5.73 Å². The van der Waals surface area contributed by atoms with Crippen molar-refractivity contribution in [3.63, 3.8) is 0 Å². The molecular weight excluding hydrogens is 304 g/mol. The van der Waals surface area contributed by atoms with Crippen molar-refractivity contribution in [3.05, 3.63) is 29.8 Å². The van der Waals surface area contributed by atoms with E-state index in [2.05, 4.69) is 0 Å². The second kappa shape index (κ2) is 7.21. The summed E-state index contributed by atoms with van der Waals surface area (Å²) in [5, 5.41) is 9.52. The molecule has 124 valence electrons. The first-order chi connectivity index (χ1) is 10.2. The normalized spacial score (nSPS) is 14.8. The zero-order valence-corrected chi connectivity index (χ0v) is 14.1. The number of unbranched alkanes of at least 4 members (excludes halogenated alkanes) is 1. The van der Waals surface area contributed by atoms with E-state index in [0.717, 1.165) is 9.87 Å². The Morgan fingerprint density at radius 2 is 1.82 bits per heavy atom. The van der Waals surface area contributed by atoms with Gasteiger partial charge in [-0.1, -0.05) is 17.7 Å². The Balaban J connectivity index is 3.14. The number of carboxylic acids is 1. The Morgan fingerprint density at radius 1 is 1.27 bits per heavy atom. The van der Waals surface area contributed by atoms with Gasteiger partial charge in [0, 0.05) is 7.05 Å². The van der Waals surface area contributed by atoms with Gasteiger partial charge < -0.3 is 10.8 Å². The van der Waals surface area contributed by atoms with E-state index in [1.54, 1.807) is 12.1 Å². The number of nitrogens with two attached hydrogens (primary N) is 1. The lowest BCUT2D eigenvalue weighted by Gasteiger charge is -2.34. The Kier molecular flexibility index (Phi) is 6.10. The molecule has 0 aliphatic rings. The van der Waals surface area contributed by atoms with Crippen LogP contribution in [0.4, 0.5) is 0 Å². The zero-order chi connectivity index (χ0) is 17.0. The quantitative estimate of drug-likeness (QED) is 0.706. The average Bonchev–Trinajstić information content (AvgIpc) is 2.46. The molecule has 1 aromatic rings. The fourth-order valence-electron chi connectivity index (χ4n) is 2.15. The van der Waals surface area contributed by atoms with Crippen LogP contribution in [0.3, 0.4) is 0 Å². The molecule has 0 aliphatic heterocycles. The second-order valence-corrected chi connectivity index (χ2v) is 7.58. The lowest BCUT2D eigenvalue weighted by Crippen LogP contribution is -2.53. The van der Waals surface area contributed by atoms with Crippen LogP contribution in [0.5, 0.6) is 0 Å². The highest BCUT2D eigenvalue weighted by molar-refractivity contribution is 7.89. The molecule has 0 aromatic heterocycles. The number of aryl methyl sites for hydroxylation is 1. The van der Waals surface area contributed by atoms with Gasteiger partial charge in [0.05, 0.1) is 4.90 Å². The monoisotopic (exact) mass is 328 g/mol. The summed E-state index contributed by atoms with van der Waals surface area (Å²) < 4.78 is 26.3. The van der Waals surface area contributed by atoms with E-state index in [4.69, 9.17) is 5.73 Å². The van der Waals surface area contributed by atoms with E-state index in [1.165, 1.54) is 26.1 Å². The van der Waals surface area contributed by atoms with E-state index in [0.29, 0.717) is 19.4 Å². The van der Waals surface area contributed by atoms with Gasteiger partial charge in [-0.25, -0.2) is 8.42 Å². The molecule has 6 nitrogen and oxygen atoms in total. The molecule has 3 N–H and O–H groups in total. The molecule has 22 heavy (non-hydrogen) atoms. The van der Waals surface area contributed by atoms with Crippen molar-refractivity contribution in [1.29, 1.82) is 0 Å². The first-order valence-electron chi connectivity index (χ1n) is 7.15. The molecule has 0 unspecified atom stereocenters. The van der Waals surface area contributed by atoms with Crippen LogP contribution in [-0.4, -0.2) is 42.9 Å². The summed E-state index contributed by atoms with van der Waals surface area (Å²) in [6.07, 6.45) is 1.41. The summed E-state index contributed by atoms with van der Waals surface area (Å²) in [5.74, 6) is -1.16. The molecule has 0 bridgehead atoms. The number of hydrogen-bond acceptors (Lipinski definition) is 4. The minimum Gasteiger partial charge on any atom is -0.480 e. The fraction of sp³-hybridized carbons (Fsp3) is 0.533. The minimum atomic E-state index is -3.87. The average molecular weight is 328 g/mol. The van der Waals surface area contributed by atoms with E-state index in [9.17, 15) is 18.3 Å². The topological polar surface area (TPSA) is 101 Å². The summed E-state index contributed by atoms with van der Waals surface area (Å²) in [5.41, 5.74) is 4.86. The van der Waals surface area contributed by atoms with Gasteiger partial charge in [-0.2, -0.15) is 4.31 Å². The summed E-state index contributed by atoms with van der Waals surface area (Å²) in [7, 11) is -2.56. The largest absolute Gasteiger partial charge is 0.480 e. The fourth-order valence-corrected chi connectivity index (χ4v) is 3.64. The van der Waals surface area contributed by atoms with Crippen molar-refractivity contribution in [1.82, 2.24) is 4.31 Å². The highest BCUT2D eigenvalue weighted by Crippen LogP contribution is 2.28. The molecule has 1 atom stereocenters. The number of aliphatic carboxylic acids is 1. The number of benzene rings is 1. The summed E-state index contributed by atoms with van der Waals surface area (Å²) in [4.78, 5) is 11.7. The number of hydrogen-bond donors (Lipinski definition) is 2. The molecule has 0 saturated carbocycles. The van der Waals surface area contributed by atoms with Gasteiger partial charge in [-0.3, -0.25) is 4.79 Å². The number of nitrogens with zero attached hydrogens (tertiary/aromatic N) is 1. The maximum absolute atomic E-state index is 12.7. The maximum atomic E-state index is 12.7. The predicted molar refractivity (Wildman–Crippen MR) is 85.1 cm³/mol. The smallest absolute Gasteiger partial charge is 0.324 e. The Hall–Kier alpha value is -1.44. The first-order valence-corrected chi connectivity index (χ1v) is 8.59. The Labute approximate surface area is 132 Å². The van der Waals surface area contributed by atoms with Crippen LogP contribution in [0.1, 0.15) is 31.7 Å². The van der Waals surface area contributed by atoms with Crippen LogP contribution in [-0.2, 0) is 14.8 Å². The van der Waals surface area contributed by atoms with Crippen molar-refractivity contribution in [2.45, 2.75) is 43.5 Å². The van der Waals surface area contributed by atoms with E-state index in [1.807, 2.05) is 6.92 Å². The molecular formula is C15H24N2O4S. The third kappa shape index (κ3) is 3.85. The molecule has 0 saturated heterocycles. The minimum absolute atomic E-state index is 0.0897. The number of likely N-dealkylation sites (N-methyl/N-ethyl adjacent to an activating group) is 1. The van der Waals surface area contributed by atoms with E-state index < -0.39 is 21.5 Å². The molecule has 0 heterocycles. The number of carbonyl (C=O) groups is 1. The second-order valence-electron chi connectivity index (χ2n) is 5.61. The maximum Gasteiger partial charge on any atom is 0.324 e. The standard InChI is InChI=1S/C15H24N2O4S/c1-12-6-8-13(9-7-12)22(20,21)17(3)15(2,14(18)19)10-4-5-11-16/h6-9H,4-5,10-11,16H2,1-3H3,(H,18,19)/t15-/m0/s1. The molecule has 1 rings (SSSR count). The third-order valence-electron chi connectivity index (χ3n) is 3.95.